The van der Waals surface area contributed by atoms with Crippen molar-refractivity contribution in [3.8, 4) is 0 Å². The van der Waals surface area contributed by atoms with Crippen molar-refractivity contribution in [2.24, 2.45) is 17.8 Å². The van der Waals surface area contributed by atoms with E-state index in [0.717, 1.165) is 24.7 Å². The molecule has 2 unspecified atom stereocenters. The third kappa shape index (κ3) is 4.20. The number of aliphatic hydroxyl groups is 2. The summed E-state index contributed by atoms with van der Waals surface area (Å²) in [6, 6.07) is -0.362. The maximum Gasteiger partial charge on any atom is 0.184 e. The molecule has 6 atom stereocenters. The molecule has 2 aliphatic carbocycles. The minimum Gasteiger partial charge on any atom is -0.388 e. The molecule has 1 saturated heterocycles. The quantitative estimate of drug-likeness (QED) is 0.702. The molecule has 7 heteroatoms. The third-order valence-electron chi connectivity index (χ3n) is 6.54. The molecule has 0 bridgehead atoms. The van der Waals surface area contributed by atoms with E-state index in [-0.39, 0.29) is 12.1 Å². The van der Waals surface area contributed by atoms with Gasteiger partial charge in [0, 0.05) is 5.38 Å². The Labute approximate surface area is 164 Å². The van der Waals surface area contributed by atoms with Gasteiger partial charge in [-0.1, -0.05) is 43.7 Å². The highest BCUT2D eigenvalue weighted by Gasteiger charge is 2.44. The molecule has 2 saturated carbocycles. The Morgan fingerprint density at radius 1 is 1.15 bits per heavy atom. The zero-order chi connectivity index (χ0) is 18.1. The van der Waals surface area contributed by atoms with Crippen molar-refractivity contribution in [2.75, 3.05) is 11.9 Å². The second-order valence-corrected chi connectivity index (χ2v) is 9.58. The predicted molar refractivity (Wildman–Crippen MR) is 104 cm³/mol. The Bertz CT molecular complexity index is 595. The van der Waals surface area contributed by atoms with Gasteiger partial charge in [-0.05, 0) is 37.0 Å². The normalized spacial score (nSPS) is 38.7. The summed E-state index contributed by atoms with van der Waals surface area (Å²) in [4.78, 5) is 4.14. The molecular formula is C19H29ClN2O3S. The molecule has 0 aromatic carbocycles. The molecule has 2 heterocycles. The number of hydrogen-bond donors (Lipinski definition) is 3. The average Bonchev–Trinajstić information content (AvgIpc) is 3.36. The SMILES string of the molecule is O[C@@H]1[C@H](O)[C@H](Nc2nc(Cl)cs2)CO[C@@H]1C1CCC(CC2CCCC2)C1. The molecule has 3 aliphatic rings. The van der Waals surface area contributed by atoms with E-state index in [4.69, 9.17) is 16.3 Å². The molecule has 5 nitrogen and oxygen atoms in total. The highest BCUT2D eigenvalue weighted by atomic mass is 35.5. The maximum atomic E-state index is 10.7. The monoisotopic (exact) mass is 400 g/mol. The summed E-state index contributed by atoms with van der Waals surface area (Å²) in [7, 11) is 0. The van der Waals surface area contributed by atoms with Crippen LogP contribution in [-0.4, -0.2) is 46.2 Å². The van der Waals surface area contributed by atoms with Crippen LogP contribution in [0.15, 0.2) is 5.38 Å². The second kappa shape index (κ2) is 8.31. The van der Waals surface area contributed by atoms with Gasteiger partial charge in [0.25, 0.3) is 0 Å². The average molecular weight is 401 g/mol. The van der Waals surface area contributed by atoms with Crippen LogP contribution in [0.3, 0.4) is 0 Å². The molecule has 4 rings (SSSR count). The molecule has 26 heavy (non-hydrogen) atoms. The van der Waals surface area contributed by atoms with Gasteiger partial charge in [0.2, 0.25) is 0 Å². The van der Waals surface area contributed by atoms with Crippen LogP contribution < -0.4 is 5.32 Å². The van der Waals surface area contributed by atoms with E-state index in [2.05, 4.69) is 10.3 Å². The topological polar surface area (TPSA) is 74.6 Å². The van der Waals surface area contributed by atoms with Crippen LogP contribution in [0.5, 0.6) is 0 Å². The van der Waals surface area contributed by atoms with Gasteiger partial charge in [-0.2, -0.15) is 0 Å². The minimum atomic E-state index is -0.856. The Morgan fingerprint density at radius 2 is 1.96 bits per heavy atom. The van der Waals surface area contributed by atoms with E-state index >= 15 is 0 Å². The van der Waals surface area contributed by atoms with Crippen molar-refractivity contribution in [2.45, 2.75) is 75.7 Å². The van der Waals surface area contributed by atoms with Gasteiger partial charge in [-0.15, -0.1) is 11.3 Å². The lowest BCUT2D eigenvalue weighted by Gasteiger charge is -2.40. The summed E-state index contributed by atoms with van der Waals surface area (Å²) in [5.74, 6) is 2.05. The third-order valence-corrected chi connectivity index (χ3v) is 7.64. The zero-order valence-electron chi connectivity index (χ0n) is 15.0. The summed E-state index contributed by atoms with van der Waals surface area (Å²) >= 11 is 7.23. The van der Waals surface area contributed by atoms with Gasteiger partial charge in [0.1, 0.15) is 17.4 Å². The molecular weight excluding hydrogens is 372 g/mol. The Kier molecular flexibility index (Phi) is 6.05. The first-order chi connectivity index (χ1) is 12.6. The summed E-state index contributed by atoms with van der Waals surface area (Å²) in [6.45, 7) is 0.379. The summed E-state index contributed by atoms with van der Waals surface area (Å²) in [5, 5.41) is 27.2. The summed E-state index contributed by atoms with van der Waals surface area (Å²) in [5.41, 5.74) is 0. The molecule has 146 valence electrons. The fourth-order valence-corrected chi connectivity index (χ4v) is 6.11. The first-order valence-corrected chi connectivity index (χ1v) is 11.2. The van der Waals surface area contributed by atoms with Crippen LogP contribution in [0.2, 0.25) is 5.15 Å². The summed E-state index contributed by atoms with van der Waals surface area (Å²) in [6.07, 6.45) is 8.45. The molecule has 1 aliphatic heterocycles. The number of thiazole rings is 1. The molecule has 0 radical (unpaired) electrons. The molecule has 0 spiro atoms. The Balaban J connectivity index is 1.30. The first kappa shape index (κ1) is 18.9. The number of anilines is 1. The van der Waals surface area contributed by atoms with Crippen LogP contribution in [0, 0.1) is 17.8 Å². The Hall–Kier alpha value is -0.400. The van der Waals surface area contributed by atoms with Crippen molar-refractivity contribution in [3.63, 3.8) is 0 Å². The lowest BCUT2D eigenvalue weighted by atomic mass is 9.86. The predicted octanol–water partition coefficient (Wildman–Crippen LogP) is 3.69. The van der Waals surface area contributed by atoms with E-state index < -0.39 is 12.2 Å². The Morgan fingerprint density at radius 3 is 2.69 bits per heavy atom. The zero-order valence-corrected chi connectivity index (χ0v) is 16.6. The van der Waals surface area contributed by atoms with E-state index in [1.54, 1.807) is 5.38 Å². The number of aromatic nitrogens is 1. The molecule has 1 aromatic heterocycles. The van der Waals surface area contributed by atoms with Crippen LogP contribution in [0.4, 0.5) is 5.13 Å². The van der Waals surface area contributed by atoms with Crippen LogP contribution in [0.1, 0.15) is 51.4 Å². The van der Waals surface area contributed by atoms with E-state index in [0.29, 0.717) is 22.8 Å². The van der Waals surface area contributed by atoms with Gasteiger partial charge in [0.05, 0.1) is 18.8 Å². The van der Waals surface area contributed by atoms with Crippen molar-refractivity contribution in [1.29, 1.82) is 0 Å². The van der Waals surface area contributed by atoms with Crippen LogP contribution in [-0.2, 0) is 4.74 Å². The highest BCUT2D eigenvalue weighted by Crippen LogP contribution is 2.42. The van der Waals surface area contributed by atoms with E-state index in [1.807, 2.05) is 0 Å². The van der Waals surface area contributed by atoms with Crippen molar-refractivity contribution >= 4 is 28.1 Å². The number of rotatable bonds is 5. The van der Waals surface area contributed by atoms with Gasteiger partial charge in [-0.3, -0.25) is 0 Å². The van der Waals surface area contributed by atoms with Gasteiger partial charge in [-0.25, -0.2) is 4.98 Å². The number of nitrogens with one attached hydrogen (secondary N) is 1. The largest absolute Gasteiger partial charge is 0.388 e. The van der Waals surface area contributed by atoms with E-state index in [1.165, 1.54) is 49.9 Å². The molecule has 1 aromatic rings. The number of halogens is 1. The minimum absolute atomic E-state index is 0.253. The van der Waals surface area contributed by atoms with Gasteiger partial charge in [0.15, 0.2) is 5.13 Å². The molecule has 0 amide bonds. The van der Waals surface area contributed by atoms with Gasteiger partial charge >= 0.3 is 0 Å². The summed E-state index contributed by atoms with van der Waals surface area (Å²) < 4.78 is 6.03. The van der Waals surface area contributed by atoms with E-state index in [9.17, 15) is 10.2 Å². The van der Waals surface area contributed by atoms with Crippen molar-refractivity contribution in [1.82, 2.24) is 4.98 Å². The highest BCUT2D eigenvalue weighted by molar-refractivity contribution is 7.14. The molecule has 3 N–H and O–H groups in total. The van der Waals surface area contributed by atoms with Gasteiger partial charge < -0.3 is 20.3 Å². The number of ether oxygens (including phenoxy) is 1. The smallest absolute Gasteiger partial charge is 0.184 e. The standard InChI is InChI=1S/C19H29ClN2O3S/c20-15-10-26-19(22-15)21-14-9-25-18(17(24)16(14)23)13-6-5-12(8-13)7-11-3-1-2-4-11/h10-14,16-18,23-24H,1-9H2,(H,21,22)/t12?,13?,14-,16-,17-,18-/m1/s1. The fraction of sp³-hybridized carbons (Fsp3) is 0.842. The first-order valence-electron chi connectivity index (χ1n) is 9.95. The second-order valence-electron chi connectivity index (χ2n) is 8.33. The maximum absolute atomic E-state index is 10.7. The lowest BCUT2D eigenvalue weighted by Crippen LogP contribution is -2.57. The molecule has 3 fully saturated rings. The van der Waals surface area contributed by atoms with Crippen molar-refractivity contribution in [3.05, 3.63) is 10.5 Å². The fourth-order valence-electron chi connectivity index (χ4n) is 5.21. The van der Waals surface area contributed by atoms with Crippen LogP contribution in [0.25, 0.3) is 0 Å². The lowest BCUT2D eigenvalue weighted by molar-refractivity contribution is -0.158. The van der Waals surface area contributed by atoms with Crippen molar-refractivity contribution < 1.29 is 14.9 Å². The van der Waals surface area contributed by atoms with Crippen LogP contribution >= 0.6 is 22.9 Å². The number of nitrogens with zero attached hydrogens (tertiary/aromatic N) is 1. The number of aliphatic hydroxyl groups excluding tert-OH is 2. The number of hydrogen-bond acceptors (Lipinski definition) is 6.